The van der Waals surface area contributed by atoms with Crippen LogP contribution in [0.1, 0.15) is 24.5 Å². The molecule has 0 radical (unpaired) electrons. The molecule has 1 aliphatic rings. The van der Waals surface area contributed by atoms with E-state index in [4.69, 9.17) is 4.74 Å². The van der Waals surface area contributed by atoms with Crippen LogP contribution in [0.3, 0.4) is 0 Å². The lowest BCUT2D eigenvalue weighted by atomic mass is 10.1. The van der Waals surface area contributed by atoms with Gasteiger partial charge in [0.25, 0.3) is 5.91 Å². The molecule has 0 bridgehead atoms. The van der Waals surface area contributed by atoms with Crippen molar-refractivity contribution >= 4 is 23.5 Å². The van der Waals surface area contributed by atoms with Gasteiger partial charge in [0.2, 0.25) is 5.91 Å². The Kier molecular flexibility index (Phi) is 6.09. The van der Waals surface area contributed by atoms with E-state index >= 15 is 0 Å². The third-order valence-electron chi connectivity index (χ3n) is 4.83. The molecular weight excluding hydrogens is 356 g/mol. The Balaban J connectivity index is 1.53. The van der Waals surface area contributed by atoms with Gasteiger partial charge in [-0.15, -0.1) is 0 Å². The number of esters is 1. The van der Waals surface area contributed by atoms with Gasteiger partial charge in [0.1, 0.15) is 0 Å². The summed E-state index contributed by atoms with van der Waals surface area (Å²) in [6.07, 6.45) is -0.831. The maximum absolute atomic E-state index is 12.4. The Labute approximate surface area is 164 Å². The normalized spacial score (nSPS) is 17.3. The second-order valence-corrected chi connectivity index (χ2v) is 7.04. The zero-order valence-corrected chi connectivity index (χ0v) is 16.1. The van der Waals surface area contributed by atoms with Gasteiger partial charge in [0, 0.05) is 25.2 Å². The molecule has 0 unspecified atom stereocenters. The molecule has 1 fully saturated rings. The van der Waals surface area contributed by atoms with Crippen LogP contribution in [0.2, 0.25) is 0 Å². The molecule has 2 aromatic rings. The van der Waals surface area contributed by atoms with Crippen LogP contribution in [-0.2, 0) is 25.7 Å². The Morgan fingerprint density at radius 1 is 1.14 bits per heavy atom. The molecule has 0 saturated carbocycles. The molecule has 1 heterocycles. The summed E-state index contributed by atoms with van der Waals surface area (Å²) in [5.74, 6) is -1.54. The highest BCUT2D eigenvalue weighted by Crippen LogP contribution is 2.22. The molecule has 2 amide bonds. The predicted octanol–water partition coefficient (Wildman–Crippen LogP) is 2.91. The fourth-order valence-corrected chi connectivity index (χ4v) is 3.16. The van der Waals surface area contributed by atoms with Gasteiger partial charge in [0.15, 0.2) is 6.10 Å². The van der Waals surface area contributed by atoms with Gasteiger partial charge in [-0.1, -0.05) is 48.5 Å². The number of rotatable bonds is 6. The Hall–Kier alpha value is -3.15. The van der Waals surface area contributed by atoms with Crippen molar-refractivity contribution in [1.82, 2.24) is 4.90 Å². The average molecular weight is 380 g/mol. The zero-order chi connectivity index (χ0) is 20.1. The van der Waals surface area contributed by atoms with E-state index in [1.165, 1.54) is 6.92 Å². The van der Waals surface area contributed by atoms with Crippen LogP contribution in [0.5, 0.6) is 0 Å². The van der Waals surface area contributed by atoms with Crippen molar-refractivity contribution in [2.75, 3.05) is 11.9 Å². The largest absolute Gasteiger partial charge is 0.452 e. The summed E-state index contributed by atoms with van der Waals surface area (Å²) >= 11 is 0. The minimum absolute atomic E-state index is 0.0807. The van der Waals surface area contributed by atoms with Gasteiger partial charge in [-0.25, -0.2) is 0 Å². The first-order chi connectivity index (χ1) is 13.4. The molecule has 2 atom stereocenters. The Morgan fingerprint density at radius 2 is 1.82 bits per heavy atom. The summed E-state index contributed by atoms with van der Waals surface area (Å²) in [5, 5.41) is 2.76. The molecule has 1 N–H and O–H groups in total. The predicted molar refractivity (Wildman–Crippen MR) is 105 cm³/mol. The maximum Gasteiger partial charge on any atom is 0.312 e. The minimum atomic E-state index is -0.939. The Morgan fingerprint density at radius 3 is 2.54 bits per heavy atom. The van der Waals surface area contributed by atoms with Crippen molar-refractivity contribution < 1.29 is 19.1 Å². The Bertz CT molecular complexity index is 866. The van der Waals surface area contributed by atoms with Crippen molar-refractivity contribution in [2.45, 2.75) is 32.9 Å². The van der Waals surface area contributed by atoms with Gasteiger partial charge in [-0.2, -0.15) is 0 Å². The van der Waals surface area contributed by atoms with Crippen molar-refractivity contribution in [1.29, 1.82) is 0 Å². The smallest absolute Gasteiger partial charge is 0.312 e. The maximum atomic E-state index is 12.4. The van der Waals surface area contributed by atoms with Crippen LogP contribution in [-0.4, -0.2) is 35.3 Å². The molecule has 2 aromatic carbocycles. The number of nitrogens with zero attached hydrogens (tertiary/aromatic N) is 1. The number of benzene rings is 2. The molecule has 0 aliphatic carbocycles. The fourth-order valence-electron chi connectivity index (χ4n) is 3.16. The van der Waals surface area contributed by atoms with E-state index < -0.39 is 23.9 Å². The van der Waals surface area contributed by atoms with Gasteiger partial charge >= 0.3 is 5.97 Å². The van der Waals surface area contributed by atoms with Crippen LogP contribution < -0.4 is 5.32 Å². The topological polar surface area (TPSA) is 75.7 Å². The van der Waals surface area contributed by atoms with Crippen molar-refractivity contribution in [3.8, 4) is 0 Å². The summed E-state index contributed by atoms with van der Waals surface area (Å²) < 4.78 is 5.33. The van der Waals surface area contributed by atoms with Crippen molar-refractivity contribution in [2.24, 2.45) is 5.92 Å². The van der Waals surface area contributed by atoms with E-state index in [2.05, 4.69) is 5.32 Å². The minimum Gasteiger partial charge on any atom is -0.452 e. The third-order valence-corrected chi connectivity index (χ3v) is 4.83. The lowest BCUT2D eigenvalue weighted by molar-refractivity contribution is -0.157. The molecule has 1 saturated heterocycles. The number of ether oxygens (including phenoxy) is 1. The van der Waals surface area contributed by atoms with Crippen molar-refractivity contribution in [3.05, 3.63) is 65.7 Å². The van der Waals surface area contributed by atoms with Gasteiger partial charge in [-0.05, 0) is 31.0 Å². The number of carbonyl (C=O) groups is 3. The number of carbonyl (C=O) groups excluding carboxylic acids is 3. The number of likely N-dealkylation sites (tertiary alicyclic amines) is 1. The average Bonchev–Trinajstić information content (AvgIpc) is 3.05. The number of para-hydroxylation sites is 1. The second-order valence-electron chi connectivity index (χ2n) is 7.04. The number of nitrogens with one attached hydrogen (secondary N) is 1. The van der Waals surface area contributed by atoms with E-state index in [1.807, 2.05) is 55.5 Å². The summed E-state index contributed by atoms with van der Waals surface area (Å²) in [5.41, 5.74) is 2.61. The number of hydrogen-bond donors (Lipinski definition) is 1. The van der Waals surface area contributed by atoms with Gasteiger partial charge in [-0.3, -0.25) is 14.4 Å². The van der Waals surface area contributed by atoms with Crippen LogP contribution in [0.4, 0.5) is 5.69 Å². The van der Waals surface area contributed by atoms with E-state index in [9.17, 15) is 14.4 Å². The molecule has 0 aromatic heterocycles. The first-order valence-corrected chi connectivity index (χ1v) is 9.32. The van der Waals surface area contributed by atoms with Crippen LogP contribution in [0, 0.1) is 12.8 Å². The summed E-state index contributed by atoms with van der Waals surface area (Å²) in [6.45, 7) is 4.19. The van der Waals surface area contributed by atoms with Gasteiger partial charge < -0.3 is 15.0 Å². The van der Waals surface area contributed by atoms with Crippen LogP contribution in [0.15, 0.2) is 54.6 Å². The second kappa shape index (κ2) is 8.69. The molecule has 0 spiro atoms. The number of aryl methyl sites for hydroxylation is 1. The number of amides is 2. The van der Waals surface area contributed by atoms with E-state index in [1.54, 1.807) is 11.0 Å². The quantitative estimate of drug-likeness (QED) is 0.782. The first kappa shape index (κ1) is 19.6. The van der Waals surface area contributed by atoms with E-state index in [0.29, 0.717) is 18.8 Å². The molecule has 146 valence electrons. The highest BCUT2D eigenvalue weighted by atomic mass is 16.5. The van der Waals surface area contributed by atoms with Crippen molar-refractivity contribution in [3.63, 3.8) is 0 Å². The highest BCUT2D eigenvalue weighted by molar-refractivity contribution is 5.96. The van der Waals surface area contributed by atoms with E-state index in [-0.39, 0.29) is 12.3 Å². The highest BCUT2D eigenvalue weighted by Gasteiger charge is 2.36. The van der Waals surface area contributed by atoms with Crippen LogP contribution >= 0.6 is 0 Å². The summed E-state index contributed by atoms with van der Waals surface area (Å²) in [4.78, 5) is 38.6. The summed E-state index contributed by atoms with van der Waals surface area (Å²) in [6, 6.07) is 17.0. The molecule has 3 rings (SSSR count). The molecule has 6 heteroatoms. The number of anilines is 1. The molecular formula is C22H24N2O4. The zero-order valence-electron chi connectivity index (χ0n) is 16.1. The molecule has 28 heavy (non-hydrogen) atoms. The SMILES string of the molecule is Cc1ccccc1NC(=O)[C@@H](C)OC(=O)[C@H]1CC(=O)N(Cc2ccccc2)C1. The monoisotopic (exact) mass is 380 g/mol. The lowest BCUT2D eigenvalue weighted by Crippen LogP contribution is -2.33. The lowest BCUT2D eigenvalue weighted by Gasteiger charge is -2.18. The first-order valence-electron chi connectivity index (χ1n) is 9.32. The molecule has 6 nitrogen and oxygen atoms in total. The summed E-state index contributed by atoms with van der Waals surface area (Å²) in [7, 11) is 0. The van der Waals surface area contributed by atoms with Crippen LogP contribution in [0.25, 0.3) is 0 Å². The molecule has 1 aliphatic heterocycles. The third kappa shape index (κ3) is 4.76. The number of hydrogen-bond acceptors (Lipinski definition) is 4. The fraction of sp³-hybridized carbons (Fsp3) is 0.318. The van der Waals surface area contributed by atoms with Gasteiger partial charge in [0.05, 0.1) is 5.92 Å². The van der Waals surface area contributed by atoms with E-state index in [0.717, 1.165) is 11.1 Å². The standard InChI is InChI=1S/C22H24N2O4/c1-15-8-6-7-11-19(15)23-21(26)16(2)28-22(27)18-12-20(25)24(14-18)13-17-9-4-3-5-10-17/h3-11,16,18H,12-14H2,1-2H3,(H,23,26)/t16-,18+/m1/s1.